The van der Waals surface area contributed by atoms with E-state index in [2.05, 4.69) is 15.9 Å². The normalized spacial score (nSPS) is 10.4. The summed E-state index contributed by atoms with van der Waals surface area (Å²) in [5.74, 6) is -0.381. The molecule has 0 aliphatic carbocycles. The van der Waals surface area contributed by atoms with Crippen LogP contribution in [0.25, 0.3) is 0 Å². The molecule has 0 aliphatic rings. The minimum atomic E-state index is -0.538. The number of hydrogen-bond donors (Lipinski definition) is 0. The molecule has 29 heavy (non-hydrogen) atoms. The Morgan fingerprint density at radius 2 is 1.48 bits per heavy atom. The van der Waals surface area contributed by atoms with E-state index >= 15 is 0 Å². The molecule has 0 saturated heterocycles. The average Bonchev–Trinajstić information content (AvgIpc) is 2.72. The number of rotatable bonds is 6. The van der Waals surface area contributed by atoms with E-state index in [4.69, 9.17) is 0 Å². The SMILES string of the molecule is O=C(c1ccc([N+](=O)[O-])cc1)N(Cc1cccc([N+](=O)[O-])c1)c1ccc(Br)cc1. The van der Waals surface area contributed by atoms with Crippen molar-refractivity contribution in [1.82, 2.24) is 0 Å². The number of carbonyl (C=O) groups excluding carboxylic acids is 1. The lowest BCUT2D eigenvalue weighted by Gasteiger charge is -2.23. The van der Waals surface area contributed by atoms with E-state index in [1.54, 1.807) is 36.4 Å². The summed E-state index contributed by atoms with van der Waals surface area (Å²) < 4.78 is 0.833. The molecule has 3 aromatic carbocycles. The van der Waals surface area contributed by atoms with Gasteiger partial charge in [-0.3, -0.25) is 25.0 Å². The first-order chi connectivity index (χ1) is 13.8. The van der Waals surface area contributed by atoms with E-state index in [1.807, 2.05) is 0 Å². The fraction of sp³-hybridized carbons (Fsp3) is 0.0500. The number of carbonyl (C=O) groups is 1. The molecular weight excluding hydrogens is 442 g/mol. The van der Waals surface area contributed by atoms with Crippen LogP contribution < -0.4 is 4.90 Å². The summed E-state index contributed by atoms with van der Waals surface area (Å²) in [5.41, 5.74) is 1.25. The summed E-state index contributed by atoms with van der Waals surface area (Å²) in [6.45, 7) is 0.0964. The molecule has 8 nitrogen and oxygen atoms in total. The lowest BCUT2D eigenvalue weighted by Crippen LogP contribution is -2.30. The van der Waals surface area contributed by atoms with Gasteiger partial charge in [0.05, 0.1) is 16.4 Å². The first-order valence-corrected chi connectivity index (χ1v) is 9.19. The lowest BCUT2D eigenvalue weighted by molar-refractivity contribution is -0.385. The number of benzene rings is 3. The van der Waals surface area contributed by atoms with Gasteiger partial charge in [-0.05, 0) is 42.0 Å². The van der Waals surface area contributed by atoms with Gasteiger partial charge >= 0.3 is 0 Å². The zero-order chi connectivity index (χ0) is 21.0. The summed E-state index contributed by atoms with van der Waals surface area (Å²) in [5, 5.41) is 21.9. The fourth-order valence-corrected chi connectivity index (χ4v) is 3.00. The highest BCUT2D eigenvalue weighted by Gasteiger charge is 2.20. The van der Waals surface area contributed by atoms with E-state index in [1.165, 1.54) is 41.3 Å². The van der Waals surface area contributed by atoms with Crippen molar-refractivity contribution in [3.8, 4) is 0 Å². The van der Waals surface area contributed by atoms with Gasteiger partial charge in [0.2, 0.25) is 0 Å². The Bertz CT molecular complexity index is 1070. The largest absolute Gasteiger partial charge is 0.304 e. The Morgan fingerprint density at radius 3 is 2.07 bits per heavy atom. The second kappa shape index (κ2) is 8.61. The fourth-order valence-electron chi connectivity index (χ4n) is 2.73. The van der Waals surface area contributed by atoms with Gasteiger partial charge in [0, 0.05) is 40.0 Å². The maximum atomic E-state index is 13.1. The van der Waals surface area contributed by atoms with E-state index in [9.17, 15) is 25.0 Å². The molecule has 0 unspecified atom stereocenters. The number of hydrogen-bond acceptors (Lipinski definition) is 5. The molecule has 0 saturated carbocycles. The van der Waals surface area contributed by atoms with Crippen LogP contribution in [0.15, 0.2) is 77.3 Å². The van der Waals surface area contributed by atoms with Crippen molar-refractivity contribution in [3.63, 3.8) is 0 Å². The zero-order valence-corrected chi connectivity index (χ0v) is 16.5. The van der Waals surface area contributed by atoms with E-state index in [0.29, 0.717) is 11.3 Å². The smallest absolute Gasteiger partial charge is 0.269 e. The van der Waals surface area contributed by atoms with E-state index in [-0.39, 0.29) is 29.4 Å². The molecule has 0 radical (unpaired) electrons. The highest BCUT2D eigenvalue weighted by molar-refractivity contribution is 9.10. The monoisotopic (exact) mass is 455 g/mol. The van der Waals surface area contributed by atoms with Crippen LogP contribution in [0, 0.1) is 20.2 Å². The van der Waals surface area contributed by atoms with Gasteiger partial charge in [0.1, 0.15) is 0 Å². The lowest BCUT2D eigenvalue weighted by atomic mass is 10.1. The highest BCUT2D eigenvalue weighted by atomic mass is 79.9. The van der Waals surface area contributed by atoms with Crippen molar-refractivity contribution in [2.24, 2.45) is 0 Å². The zero-order valence-electron chi connectivity index (χ0n) is 14.9. The summed E-state index contributed by atoms with van der Waals surface area (Å²) in [6.07, 6.45) is 0. The number of anilines is 1. The van der Waals surface area contributed by atoms with Crippen molar-refractivity contribution in [2.75, 3.05) is 4.90 Å². The highest BCUT2D eigenvalue weighted by Crippen LogP contribution is 2.24. The van der Waals surface area contributed by atoms with Crippen LogP contribution in [0.4, 0.5) is 17.1 Å². The van der Waals surface area contributed by atoms with Crippen molar-refractivity contribution >= 4 is 38.9 Å². The maximum absolute atomic E-state index is 13.1. The molecule has 1 amide bonds. The van der Waals surface area contributed by atoms with Gasteiger partial charge in [0.15, 0.2) is 0 Å². The van der Waals surface area contributed by atoms with Crippen molar-refractivity contribution in [1.29, 1.82) is 0 Å². The van der Waals surface area contributed by atoms with Crippen LogP contribution in [0.1, 0.15) is 15.9 Å². The van der Waals surface area contributed by atoms with Crippen LogP contribution in [-0.4, -0.2) is 15.8 Å². The summed E-state index contributed by atoms with van der Waals surface area (Å²) in [4.78, 5) is 35.5. The summed E-state index contributed by atoms with van der Waals surface area (Å²) in [7, 11) is 0. The van der Waals surface area contributed by atoms with E-state index < -0.39 is 9.85 Å². The molecule has 0 atom stereocenters. The molecule has 0 spiro atoms. The van der Waals surface area contributed by atoms with Crippen molar-refractivity contribution < 1.29 is 14.6 Å². The third-order valence-corrected chi connectivity index (χ3v) is 4.70. The van der Waals surface area contributed by atoms with Crippen LogP contribution in [0.3, 0.4) is 0 Å². The second-order valence-corrected chi connectivity index (χ2v) is 7.01. The molecule has 0 N–H and O–H groups in total. The maximum Gasteiger partial charge on any atom is 0.269 e. The molecular formula is C20H14BrN3O5. The van der Waals surface area contributed by atoms with Crippen LogP contribution in [0.2, 0.25) is 0 Å². The second-order valence-electron chi connectivity index (χ2n) is 6.10. The molecule has 0 fully saturated rings. The summed E-state index contributed by atoms with van der Waals surface area (Å²) >= 11 is 3.35. The molecule has 3 rings (SSSR count). The number of non-ortho nitro benzene ring substituents is 2. The van der Waals surface area contributed by atoms with Gasteiger partial charge in [-0.15, -0.1) is 0 Å². The standard InChI is InChI=1S/C20H14BrN3O5/c21-16-6-10-17(11-7-16)22(13-14-2-1-3-19(12-14)24(28)29)20(25)15-4-8-18(9-5-15)23(26)27/h1-12H,13H2. The Labute approximate surface area is 173 Å². The molecule has 0 bridgehead atoms. The van der Waals surface area contributed by atoms with Gasteiger partial charge in [-0.1, -0.05) is 28.1 Å². The number of nitro benzene ring substituents is 2. The van der Waals surface area contributed by atoms with Gasteiger partial charge in [0.25, 0.3) is 17.3 Å². The quantitative estimate of drug-likeness (QED) is 0.378. The van der Waals surface area contributed by atoms with Crippen molar-refractivity contribution in [2.45, 2.75) is 6.54 Å². The van der Waals surface area contributed by atoms with Crippen molar-refractivity contribution in [3.05, 3.63) is 109 Å². The molecule has 9 heteroatoms. The molecule has 3 aromatic rings. The third-order valence-electron chi connectivity index (χ3n) is 4.17. The van der Waals surface area contributed by atoms with Crippen LogP contribution >= 0.6 is 15.9 Å². The number of nitro groups is 2. The minimum Gasteiger partial charge on any atom is -0.304 e. The van der Waals surface area contributed by atoms with Gasteiger partial charge in [-0.25, -0.2) is 0 Å². The predicted octanol–water partition coefficient (Wildman–Crippen LogP) is 5.11. The first kappa shape index (κ1) is 20.2. The van der Waals surface area contributed by atoms with Crippen LogP contribution in [0.5, 0.6) is 0 Å². The van der Waals surface area contributed by atoms with Gasteiger partial charge in [-0.2, -0.15) is 0 Å². The summed E-state index contributed by atoms with van der Waals surface area (Å²) in [6, 6.07) is 18.4. The number of amides is 1. The molecule has 0 aliphatic heterocycles. The Morgan fingerprint density at radius 1 is 0.862 bits per heavy atom. The first-order valence-electron chi connectivity index (χ1n) is 8.40. The Balaban J connectivity index is 1.97. The average molecular weight is 456 g/mol. The van der Waals surface area contributed by atoms with Gasteiger partial charge < -0.3 is 4.90 Å². The van der Waals surface area contributed by atoms with Crippen LogP contribution in [-0.2, 0) is 6.54 Å². The predicted molar refractivity (Wildman–Crippen MR) is 111 cm³/mol. The number of nitrogens with zero attached hydrogens (tertiary/aromatic N) is 3. The van der Waals surface area contributed by atoms with E-state index in [0.717, 1.165) is 4.47 Å². The topological polar surface area (TPSA) is 107 Å². The Hall–Kier alpha value is -3.59. The minimum absolute atomic E-state index is 0.0685. The molecule has 0 aromatic heterocycles. The molecule has 0 heterocycles. The number of halogens is 1. The third kappa shape index (κ3) is 4.82. The molecule has 146 valence electrons. The Kier molecular flexibility index (Phi) is 5.99.